The molecule has 2 aromatic rings. The Labute approximate surface area is 160 Å². The molecule has 150 valence electrons. The molecule has 0 radical (unpaired) electrons. The van der Waals surface area contributed by atoms with Crippen LogP contribution in [0, 0.1) is 0 Å². The predicted octanol–water partition coefficient (Wildman–Crippen LogP) is 3.54. The highest BCUT2D eigenvalue weighted by Gasteiger charge is 2.63. The molecule has 0 fully saturated rings. The number of benzene rings is 2. The average molecular weight is 413 g/mol. The van der Waals surface area contributed by atoms with E-state index in [4.69, 9.17) is 0 Å². The number of esters is 1. The molecule has 0 aromatic heterocycles. The molecule has 0 heterocycles. The summed E-state index contributed by atoms with van der Waals surface area (Å²) < 4.78 is 73.2. The van der Waals surface area contributed by atoms with Gasteiger partial charge in [-0.2, -0.15) is 17.9 Å². The molecule has 2 aromatic carbocycles. The number of hydrogen-bond acceptors (Lipinski definition) is 4. The quantitative estimate of drug-likeness (QED) is 0.705. The van der Waals surface area contributed by atoms with E-state index in [0.717, 1.165) is 19.2 Å². The van der Waals surface area contributed by atoms with Crippen molar-refractivity contribution in [1.29, 1.82) is 0 Å². The summed E-state index contributed by atoms with van der Waals surface area (Å²) in [7, 11) is -3.94. The van der Waals surface area contributed by atoms with Gasteiger partial charge in [0.05, 0.1) is 12.0 Å². The third kappa shape index (κ3) is 4.42. The molecular weight excluding hydrogens is 395 g/mol. The van der Waals surface area contributed by atoms with Crippen LogP contribution in [0.3, 0.4) is 0 Å². The molecule has 0 aliphatic carbocycles. The number of methoxy groups -OCH3 is 1. The summed E-state index contributed by atoms with van der Waals surface area (Å²) in [4.78, 5) is 11.8. The zero-order valence-corrected chi connectivity index (χ0v) is 15.7. The Hall–Kier alpha value is -2.65. The molecular formula is C19H18F3NO4S. The van der Waals surface area contributed by atoms with Crippen molar-refractivity contribution in [3.63, 3.8) is 0 Å². The number of carbonyl (C=O) groups excluding carboxylic acids is 1. The zero-order valence-electron chi connectivity index (χ0n) is 14.9. The first-order valence-corrected chi connectivity index (χ1v) is 9.49. The van der Waals surface area contributed by atoms with Crippen LogP contribution in [0.2, 0.25) is 0 Å². The Morgan fingerprint density at radius 1 is 1.04 bits per heavy atom. The monoisotopic (exact) mass is 413 g/mol. The van der Waals surface area contributed by atoms with Crippen molar-refractivity contribution in [2.24, 2.45) is 0 Å². The standard InChI is InChI=1S/C19H18F3NO4S/c1-14(15-9-5-3-6-10-15)13-18(17(24)27-2,19(20,21)22)23-28(25,26)16-11-7-4-8-12-16/h3-12,23H,1,13H2,2H3. The van der Waals surface area contributed by atoms with Crippen LogP contribution in [0.25, 0.3) is 5.57 Å². The fourth-order valence-electron chi connectivity index (χ4n) is 2.58. The first-order valence-electron chi connectivity index (χ1n) is 8.01. The van der Waals surface area contributed by atoms with E-state index in [0.29, 0.717) is 5.56 Å². The summed E-state index contributed by atoms with van der Waals surface area (Å²) in [6.45, 7) is 3.60. The van der Waals surface area contributed by atoms with Gasteiger partial charge in [-0.25, -0.2) is 13.2 Å². The van der Waals surface area contributed by atoms with E-state index in [9.17, 15) is 26.4 Å². The largest absolute Gasteiger partial charge is 0.467 e. The van der Waals surface area contributed by atoms with Gasteiger partial charge < -0.3 is 4.74 Å². The van der Waals surface area contributed by atoms with Crippen LogP contribution in [-0.2, 0) is 19.6 Å². The second kappa shape index (κ2) is 8.15. The van der Waals surface area contributed by atoms with Gasteiger partial charge in [0.25, 0.3) is 0 Å². The molecule has 5 nitrogen and oxygen atoms in total. The van der Waals surface area contributed by atoms with E-state index in [1.165, 1.54) is 35.1 Å². The molecule has 0 amide bonds. The lowest BCUT2D eigenvalue weighted by atomic mass is 9.88. The Morgan fingerprint density at radius 2 is 1.54 bits per heavy atom. The summed E-state index contributed by atoms with van der Waals surface area (Å²) in [6.07, 6.45) is -6.35. The molecule has 1 N–H and O–H groups in total. The number of carbonyl (C=O) groups is 1. The van der Waals surface area contributed by atoms with Crippen LogP contribution in [0.4, 0.5) is 13.2 Å². The topological polar surface area (TPSA) is 72.5 Å². The Morgan fingerprint density at radius 3 is 2.00 bits per heavy atom. The van der Waals surface area contributed by atoms with E-state index in [2.05, 4.69) is 11.3 Å². The molecule has 1 unspecified atom stereocenters. The normalized spacial score (nSPS) is 14.1. The SMILES string of the molecule is C=C(CC(NS(=O)(=O)c1ccccc1)(C(=O)OC)C(F)(F)F)c1ccccc1. The highest BCUT2D eigenvalue weighted by molar-refractivity contribution is 7.89. The van der Waals surface area contributed by atoms with E-state index in [-0.39, 0.29) is 5.57 Å². The zero-order chi connectivity index (χ0) is 21.0. The lowest BCUT2D eigenvalue weighted by molar-refractivity contribution is -0.206. The maximum absolute atomic E-state index is 14.1. The van der Waals surface area contributed by atoms with Crippen LogP contribution in [-0.4, -0.2) is 33.2 Å². The number of ether oxygens (including phenoxy) is 1. The van der Waals surface area contributed by atoms with Gasteiger partial charge in [-0.1, -0.05) is 55.1 Å². The summed E-state index contributed by atoms with van der Waals surface area (Å²) in [5.41, 5.74) is -3.29. The first kappa shape index (κ1) is 21.6. The van der Waals surface area contributed by atoms with Gasteiger partial charge in [-0.05, 0) is 23.3 Å². The van der Waals surface area contributed by atoms with Crippen molar-refractivity contribution in [3.8, 4) is 0 Å². The third-order valence-corrected chi connectivity index (χ3v) is 5.55. The molecule has 2 rings (SSSR count). The van der Waals surface area contributed by atoms with Gasteiger partial charge >= 0.3 is 12.1 Å². The van der Waals surface area contributed by atoms with Crippen molar-refractivity contribution < 1.29 is 31.1 Å². The van der Waals surface area contributed by atoms with Crippen molar-refractivity contribution >= 4 is 21.6 Å². The summed E-state index contributed by atoms with van der Waals surface area (Å²) >= 11 is 0. The van der Waals surface area contributed by atoms with Crippen molar-refractivity contribution in [1.82, 2.24) is 4.72 Å². The van der Waals surface area contributed by atoms with E-state index in [1.807, 2.05) is 0 Å². The van der Waals surface area contributed by atoms with Crippen LogP contribution in [0.1, 0.15) is 12.0 Å². The number of alkyl halides is 3. The molecule has 0 saturated carbocycles. The van der Waals surface area contributed by atoms with E-state index >= 15 is 0 Å². The minimum Gasteiger partial charge on any atom is -0.467 e. The van der Waals surface area contributed by atoms with Crippen molar-refractivity contribution in [2.75, 3.05) is 7.11 Å². The number of nitrogens with one attached hydrogen (secondary N) is 1. The van der Waals surface area contributed by atoms with E-state index in [1.54, 1.807) is 18.2 Å². The molecule has 1 atom stereocenters. The Bertz CT molecular complexity index is 944. The molecule has 0 saturated heterocycles. The minimum atomic E-state index is -5.29. The summed E-state index contributed by atoms with van der Waals surface area (Å²) in [5, 5.41) is 0. The van der Waals surface area contributed by atoms with Gasteiger partial charge in [-0.3, -0.25) is 0 Å². The van der Waals surface area contributed by atoms with E-state index < -0.39 is 39.0 Å². The molecule has 9 heteroatoms. The van der Waals surface area contributed by atoms with Crippen LogP contribution in [0.15, 0.2) is 72.1 Å². The van der Waals surface area contributed by atoms with Gasteiger partial charge in [0.15, 0.2) is 0 Å². The van der Waals surface area contributed by atoms with Crippen molar-refractivity contribution in [2.45, 2.75) is 23.0 Å². The molecule has 28 heavy (non-hydrogen) atoms. The lowest BCUT2D eigenvalue weighted by Gasteiger charge is -2.34. The second-order valence-corrected chi connectivity index (χ2v) is 7.64. The smallest absolute Gasteiger partial charge is 0.418 e. The second-order valence-electron chi connectivity index (χ2n) is 5.96. The molecule has 0 aliphatic rings. The van der Waals surface area contributed by atoms with Crippen molar-refractivity contribution in [3.05, 3.63) is 72.8 Å². The van der Waals surface area contributed by atoms with Crippen LogP contribution >= 0.6 is 0 Å². The molecule has 0 bridgehead atoms. The molecule has 0 aliphatic heterocycles. The highest BCUT2D eigenvalue weighted by Crippen LogP contribution is 2.39. The van der Waals surface area contributed by atoms with Gasteiger partial charge in [0.1, 0.15) is 0 Å². The van der Waals surface area contributed by atoms with Gasteiger partial charge in [0.2, 0.25) is 15.6 Å². The van der Waals surface area contributed by atoms with Gasteiger partial charge in [0, 0.05) is 6.42 Å². The summed E-state index contributed by atoms with van der Waals surface area (Å²) in [5.74, 6) is -1.78. The summed E-state index contributed by atoms with van der Waals surface area (Å²) in [6, 6.07) is 14.3. The van der Waals surface area contributed by atoms with Gasteiger partial charge in [-0.15, -0.1) is 0 Å². The minimum absolute atomic E-state index is 0.0842. The number of sulfonamides is 1. The maximum atomic E-state index is 14.1. The average Bonchev–Trinajstić information content (AvgIpc) is 2.67. The maximum Gasteiger partial charge on any atom is 0.418 e. The number of rotatable bonds is 7. The fourth-order valence-corrected chi connectivity index (χ4v) is 3.95. The number of hydrogen-bond donors (Lipinski definition) is 1. The molecule has 0 spiro atoms. The first-order chi connectivity index (χ1) is 13.0. The van der Waals surface area contributed by atoms with Crippen LogP contribution < -0.4 is 4.72 Å². The highest BCUT2D eigenvalue weighted by atomic mass is 32.2. The van der Waals surface area contributed by atoms with Crippen LogP contribution in [0.5, 0.6) is 0 Å². The third-order valence-electron chi connectivity index (χ3n) is 4.04. The lowest BCUT2D eigenvalue weighted by Crippen LogP contribution is -2.64. The Balaban J connectivity index is 2.55. The Kier molecular flexibility index (Phi) is 6.30. The number of halogens is 3. The predicted molar refractivity (Wildman–Crippen MR) is 97.7 cm³/mol. The fraction of sp³-hybridized carbons (Fsp3) is 0.211.